The van der Waals surface area contributed by atoms with Crippen molar-refractivity contribution in [3.8, 4) is 11.5 Å². The molecule has 1 N–H and O–H groups in total. The molecule has 2 aliphatic carbocycles. The van der Waals surface area contributed by atoms with Crippen molar-refractivity contribution in [3.05, 3.63) is 33.9 Å². The van der Waals surface area contributed by atoms with Crippen molar-refractivity contribution in [1.82, 2.24) is 0 Å². The Morgan fingerprint density at radius 3 is 2.76 bits per heavy atom. The first kappa shape index (κ1) is 16.5. The van der Waals surface area contributed by atoms with Crippen LogP contribution < -0.4 is 10.4 Å². The van der Waals surface area contributed by atoms with Crippen molar-refractivity contribution >= 4 is 10.8 Å². The maximum atomic E-state index is 12.5. The second-order valence-electron chi connectivity index (χ2n) is 8.58. The fraction of sp³-hybridized carbons (Fsp3) is 0.571. The van der Waals surface area contributed by atoms with E-state index in [1.54, 1.807) is 13.2 Å². The predicted molar refractivity (Wildman–Crippen MR) is 97.5 cm³/mol. The van der Waals surface area contributed by atoms with Crippen molar-refractivity contribution in [3.63, 3.8) is 0 Å². The molecule has 25 heavy (non-hydrogen) atoms. The number of methoxy groups -OCH3 is 1. The Labute approximate surface area is 147 Å². The standard InChI is InChI=1S/C21H26O4/c1-20(2)9-5-10-21(3)14(20)7-6-12-15-13(8-11-25-19(15)23)18(24-4)17(22)16(12)21/h8,11,14,22H,5-7,9-10H2,1-4H3. The molecule has 2 aromatic rings. The lowest BCUT2D eigenvalue weighted by Gasteiger charge is -2.54. The molecule has 4 heteroatoms. The summed E-state index contributed by atoms with van der Waals surface area (Å²) in [7, 11) is 1.54. The molecule has 1 heterocycles. The Bertz CT molecular complexity index is 908. The first-order valence-corrected chi connectivity index (χ1v) is 9.15. The smallest absolute Gasteiger partial charge is 0.343 e. The number of ether oxygens (including phenoxy) is 1. The average Bonchev–Trinajstić information content (AvgIpc) is 2.53. The molecule has 2 atom stereocenters. The molecule has 1 aromatic carbocycles. The molecule has 0 aliphatic heterocycles. The van der Waals surface area contributed by atoms with Crippen LogP contribution in [0, 0.1) is 11.3 Å². The van der Waals surface area contributed by atoms with E-state index in [0.717, 1.165) is 36.8 Å². The Morgan fingerprint density at radius 1 is 1.28 bits per heavy atom. The number of aromatic hydroxyl groups is 1. The van der Waals surface area contributed by atoms with E-state index >= 15 is 0 Å². The average molecular weight is 342 g/mol. The van der Waals surface area contributed by atoms with Crippen molar-refractivity contribution in [2.45, 2.75) is 58.3 Å². The van der Waals surface area contributed by atoms with Crippen molar-refractivity contribution < 1.29 is 14.3 Å². The molecule has 4 rings (SSSR count). The van der Waals surface area contributed by atoms with Crippen LogP contribution in [0.4, 0.5) is 0 Å². The lowest BCUT2D eigenvalue weighted by atomic mass is 9.50. The van der Waals surface area contributed by atoms with Gasteiger partial charge < -0.3 is 14.3 Å². The molecule has 0 saturated heterocycles. The molecule has 0 spiro atoms. The van der Waals surface area contributed by atoms with Crippen LogP contribution >= 0.6 is 0 Å². The maximum Gasteiger partial charge on any atom is 0.343 e. The third-order valence-electron chi connectivity index (χ3n) is 6.87. The largest absolute Gasteiger partial charge is 0.504 e. The number of rotatable bonds is 1. The van der Waals surface area contributed by atoms with Crippen LogP contribution in [0.1, 0.15) is 57.6 Å². The second kappa shape index (κ2) is 5.26. The molecule has 134 valence electrons. The first-order valence-electron chi connectivity index (χ1n) is 9.15. The lowest BCUT2D eigenvalue weighted by Crippen LogP contribution is -2.48. The highest BCUT2D eigenvalue weighted by Crippen LogP contribution is 2.60. The molecule has 0 amide bonds. The summed E-state index contributed by atoms with van der Waals surface area (Å²) in [6.07, 6.45) is 6.55. The molecule has 1 fully saturated rings. The molecule has 4 nitrogen and oxygen atoms in total. The third-order valence-corrected chi connectivity index (χ3v) is 6.87. The quantitative estimate of drug-likeness (QED) is 0.827. The number of phenols is 1. The number of phenolic OH excluding ortho intramolecular Hbond substituents is 1. The van der Waals surface area contributed by atoms with E-state index in [9.17, 15) is 9.90 Å². The van der Waals surface area contributed by atoms with E-state index in [0.29, 0.717) is 22.4 Å². The molecule has 2 aliphatic rings. The predicted octanol–water partition coefficient (Wildman–Crippen LogP) is 4.54. The van der Waals surface area contributed by atoms with Crippen LogP contribution in [-0.4, -0.2) is 12.2 Å². The number of aryl methyl sites for hydroxylation is 1. The van der Waals surface area contributed by atoms with Gasteiger partial charge >= 0.3 is 5.63 Å². The molecule has 2 unspecified atom stereocenters. The highest BCUT2D eigenvalue weighted by atomic mass is 16.5. The highest BCUT2D eigenvalue weighted by molar-refractivity contribution is 5.94. The van der Waals surface area contributed by atoms with E-state index in [-0.39, 0.29) is 22.2 Å². The van der Waals surface area contributed by atoms with Gasteiger partial charge in [0.2, 0.25) is 0 Å². The Hall–Kier alpha value is -1.97. The zero-order valence-electron chi connectivity index (χ0n) is 15.4. The Morgan fingerprint density at radius 2 is 2.04 bits per heavy atom. The van der Waals surface area contributed by atoms with Gasteiger partial charge in [0.05, 0.1) is 18.8 Å². The maximum absolute atomic E-state index is 12.5. The van der Waals surface area contributed by atoms with E-state index in [1.165, 1.54) is 12.7 Å². The van der Waals surface area contributed by atoms with Gasteiger partial charge in [-0.25, -0.2) is 4.79 Å². The van der Waals surface area contributed by atoms with Gasteiger partial charge in [-0.3, -0.25) is 0 Å². The van der Waals surface area contributed by atoms with E-state index in [4.69, 9.17) is 9.15 Å². The molecule has 1 saturated carbocycles. The topological polar surface area (TPSA) is 59.7 Å². The normalized spacial score (nSPS) is 27.6. The third kappa shape index (κ3) is 2.09. The fourth-order valence-corrected chi connectivity index (χ4v) is 5.89. The summed E-state index contributed by atoms with van der Waals surface area (Å²) in [5.41, 5.74) is 1.60. The fourth-order valence-electron chi connectivity index (χ4n) is 5.89. The summed E-state index contributed by atoms with van der Waals surface area (Å²) >= 11 is 0. The van der Waals surface area contributed by atoms with E-state index in [1.807, 2.05) is 0 Å². The molecular formula is C21H26O4. The van der Waals surface area contributed by atoms with Gasteiger partial charge in [-0.05, 0) is 54.1 Å². The lowest BCUT2D eigenvalue weighted by molar-refractivity contribution is 0.0393. The van der Waals surface area contributed by atoms with Crippen LogP contribution in [-0.2, 0) is 11.8 Å². The molecule has 0 bridgehead atoms. The van der Waals surface area contributed by atoms with Crippen molar-refractivity contribution in [2.24, 2.45) is 11.3 Å². The second-order valence-corrected chi connectivity index (χ2v) is 8.58. The van der Waals surface area contributed by atoms with Gasteiger partial charge in [0.25, 0.3) is 0 Å². The van der Waals surface area contributed by atoms with Crippen LogP contribution in [0.15, 0.2) is 21.5 Å². The van der Waals surface area contributed by atoms with E-state index in [2.05, 4.69) is 20.8 Å². The monoisotopic (exact) mass is 342 g/mol. The van der Waals surface area contributed by atoms with Gasteiger partial charge in [-0.1, -0.05) is 27.2 Å². The summed E-state index contributed by atoms with van der Waals surface area (Å²) in [6, 6.07) is 1.72. The number of hydrogen-bond donors (Lipinski definition) is 1. The van der Waals surface area contributed by atoms with Crippen molar-refractivity contribution in [2.75, 3.05) is 7.11 Å². The Kier molecular flexibility index (Phi) is 3.47. The van der Waals surface area contributed by atoms with Crippen LogP contribution in [0.3, 0.4) is 0 Å². The minimum absolute atomic E-state index is 0.150. The summed E-state index contributed by atoms with van der Waals surface area (Å²) in [6.45, 7) is 6.93. The van der Waals surface area contributed by atoms with Gasteiger partial charge in [0.1, 0.15) is 0 Å². The van der Waals surface area contributed by atoms with Gasteiger partial charge in [-0.15, -0.1) is 0 Å². The number of benzene rings is 1. The van der Waals surface area contributed by atoms with Crippen molar-refractivity contribution in [1.29, 1.82) is 0 Å². The summed E-state index contributed by atoms with van der Waals surface area (Å²) in [4.78, 5) is 12.5. The number of hydrogen-bond acceptors (Lipinski definition) is 4. The Balaban J connectivity index is 2.11. The zero-order chi connectivity index (χ0) is 18.0. The first-order chi connectivity index (χ1) is 11.8. The highest BCUT2D eigenvalue weighted by Gasteiger charge is 2.51. The van der Waals surface area contributed by atoms with Crippen LogP contribution in [0.25, 0.3) is 10.8 Å². The molecule has 1 aromatic heterocycles. The SMILES string of the molecule is COc1c(O)c2c(c3c(=O)occc13)CCC1C(C)(C)CCCC21C. The van der Waals surface area contributed by atoms with E-state index < -0.39 is 0 Å². The van der Waals surface area contributed by atoms with Crippen LogP contribution in [0.2, 0.25) is 0 Å². The summed E-state index contributed by atoms with van der Waals surface area (Å²) < 4.78 is 10.7. The van der Waals surface area contributed by atoms with Gasteiger partial charge in [0.15, 0.2) is 11.5 Å². The summed E-state index contributed by atoms with van der Waals surface area (Å²) in [5.74, 6) is 1.08. The number of fused-ring (bicyclic) bond motifs is 5. The minimum atomic E-state index is -0.343. The molecule has 0 radical (unpaired) electrons. The van der Waals surface area contributed by atoms with Crippen LogP contribution in [0.5, 0.6) is 11.5 Å². The van der Waals surface area contributed by atoms with Gasteiger partial charge in [0, 0.05) is 10.9 Å². The summed E-state index contributed by atoms with van der Waals surface area (Å²) in [5, 5.41) is 12.4. The molecular weight excluding hydrogens is 316 g/mol. The zero-order valence-corrected chi connectivity index (χ0v) is 15.4. The minimum Gasteiger partial charge on any atom is -0.504 e. The van der Waals surface area contributed by atoms with Gasteiger partial charge in [-0.2, -0.15) is 0 Å².